The minimum absolute atomic E-state index is 0.249. The second-order valence-corrected chi connectivity index (χ2v) is 8.01. The maximum absolute atomic E-state index is 13.6. The van der Waals surface area contributed by atoms with E-state index < -0.39 is 18.1 Å². The van der Waals surface area contributed by atoms with Gasteiger partial charge in [0.05, 0.1) is 24.0 Å². The average molecular weight is 428 g/mol. The number of fused-ring (bicyclic) bond motifs is 1. The summed E-state index contributed by atoms with van der Waals surface area (Å²) < 4.78 is 5.57. The number of hydroxylamine groups is 1. The van der Waals surface area contributed by atoms with Gasteiger partial charge in [0.25, 0.3) is 5.91 Å². The molecule has 162 valence electrons. The molecule has 5 rings (SSSR count). The molecule has 0 N–H and O–H groups in total. The number of anilines is 2. The molecule has 32 heavy (non-hydrogen) atoms. The van der Waals surface area contributed by atoms with E-state index in [0.717, 1.165) is 22.6 Å². The molecule has 6 nitrogen and oxygen atoms in total. The first-order valence-electron chi connectivity index (χ1n) is 10.8. The zero-order valence-corrected chi connectivity index (χ0v) is 18.0. The van der Waals surface area contributed by atoms with Crippen molar-refractivity contribution < 1.29 is 19.2 Å². The summed E-state index contributed by atoms with van der Waals surface area (Å²) >= 11 is 0. The van der Waals surface area contributed by atoms with Gasteiger partial charge in [-0.25, -0.2) is 9.96 Å². The van der Waals surface area contributed by atoms with E-state index >= 15 is 0 Å². The Kier molecular flexibility index (Phi) is 5.15. The number of amides is 2. The van der Waals surface area contributed by atoms with Crippen molar-refractivity contribution in [3.05, 3.63) is 90.0 Å². The first-order valence-corrected chi connectivity index (χ1v) is 10.8. The summed E-state index contributed by atoms with van der Waals surface area (Å²) in [6.45, 7) is 4.48. The van der Waals surface area contributed by atoms with Gasteiger partial charge >= 0.3 is 0 Å². The SMILES string of the molecule is CCOc1ccc([C@H]2[C@H]3C(=O)N(c4ccc(C)cc4)C(=O)[C@@H]3ON2c2ccccc2)cc1. The number of hydrogen-bond acceptors (Lipinski definition) is 5. The first kappa shape index (κ1) is 20.3. The predicted molar refractivity (Wildman–Crippen MR) is 121 cm³/mol. The number of rotatable bonds is 5. The lowest BCUT2D eigenvalue weighted by molar-refractivity contribution is -0.126. The quantitative estimate of drug-likeness (QED) is 0.562. The van der Waals surface area contributed by atoms with Crippen molar-refractivity contribution in [2.75, 3.05) is 16.6 Å². The molecule has 3 aromatic carbocycles. The number of benzene rings is 3. The smallest absolute Gasteiger partial charge is 0.266 e. The number of aryl methyl sites for hydroxylation is 1. The highest BCUT2D eigenvalue weighted by atomic mass is 16.7. The molecule has 0 saturated carbocycles. The van der Waals surface area contributed by atoms with Crippen LogP contribution in [0.3, 0.4) is 0 Å². The summed E-state index contributed by atoms with van der Waals surface area (Å²) in [5, 5.41) is 1.70. The largest absolute Gasteiger partial charge is 0.494 e. The zero-order chi connectivity index (χ0) is 22.2. The molecule has 0 aromatic heterocycles. The van der Waals surface area contributed by atoms with E-state index in [4.69, 9.17) is 9.57 Å². The van der Waals surface area contributed by atoms with Crippen molar-refractivity contribution in [3.63, 3.8) is 0 Å². The maximum Gasteiger partial charge on any atom is 0.266 e. The van der Waals surface area contributed by atoms with Crippen LogP contribution in [0.25, 0.3) is 0 Å². The van der Waals surface area contributed by atoms with Crippen molar-refractivity contribution in [3.8, 4) is 5.75 Å². The highest BCUT2D eigenvalue weighted by Crippen LogP contribution is 2.47. The number of carbonyl (C=O) groups is 2. The van der Waals surface area contributed by atoms with Crippen LogP contribution in [0.15, 0.2) is 78.9 Å². The third-order valence-corrected chi connectivity index (χ3v) is 5.95. The molecule has 2 amide bonds. The van der Waals surface area contributed by atoms with Gasteiger partial charge in [-0.1, -0.05) is 48.0 Å². The molecule has 3 aromatic rings. The van der Waals surface area contributed by atoms with E-state index in [1.165, 1.54) is 4.90 Å². The van der Waals surface area contributed by atoms with Gasteiger partial charge < -0.3 is 4.74 Å². The third kappa shape index (κ3) is 3.33. The summed E-state index contributed by atoms with van der Waals surface area (Å²) in [6.07, 6.45) is -0.874. The molecule has 2 fully saturated rings. The van der Waals surface area contributed by atoms with Crippen LogP contribution < -0.4 is 14.7 Å². The molecule has 2 saturated heterocycles. The molecule has 2 heterocycles. The van der Waals surface area contributed by atoms with Crippen LogP contribution in [0, 0.1) is 12.8 Å². The van der Waals surface area contributed by atoms with Crippen LogP contribution in [0.4, 0.5) is 11.4 Å². The Morgan fingerprint density at radius 1 is 0.844 bits per heavy atom. The van der Waals surface area contributed by atoms with Gasteiger partial charge in [0, 0.05) is 0 Å². The van der Waals surface area contributed by atoms with Gasteiger partial charge in [-0.2, -0.15) is 0 Å². The summed E-state index contributed by atoms with van der Waals surface area (Å²) in [5.41, 5.74) is 3.31. The van der Waals surface area contributed by atoms with Gasteiger partial charge in [-0.3, -0.25) is 14.4 Å². The van der Waals surface area contributed by atoms with E-state index in [1.807, 2.05) is 80.6 Å². The molecule has 2 aliphatic heterocycles. The van der Waals surface area contributed by atoms with Crippen LogP contribution in [0.1, 0.15) is 24.1 Å². The number of ether oxygens (including phenoxy) is 1. The molecule has 6 heteroatoms. The Labute approximate surface area is 186 Å². The molecule has 2 aliphatic rings. The first-order chi connectivity index (χ1) is 15.6. The van der Waals surface area contributed by atoms with E-state index in [2.05, 4.69) is 0 Å². The maximum atomic E-state index is 13.6. The minimum atomic E-state index is -0.874. The van der Waals surface area contributed by atoms with Crippen molar-refractivity contribution in [2.45, 2.75) is 26.0 Å². The summed E-state index contributed by atoms with van der Waals surface area (Å²) in [7, 11) is 0. The van der Waals surface area contributed by atoms with Crippen LogP contribution in [0.2, 0.25) is 0 Å². The fraction of sp³-hybridized carbons (Fsp3) is 0.231. The van der Waals surface area contributed by atoms with Crippen molar-refractivity contribution in [1.29, 1.82) is 0 Å². The lowest BCUT2D eigenvalue weighted by atomic mass is 9.90. The zero-order valence-electron chi connectivity index (χ0n) is 18.0. The van der Waals surface area contributed by atoms with Crippen molar-refractivity contribution in [2.24, 2.45) is 5.92 Å². The lowest BCUT2D eigenvalue weighted by Gasteiger charge is -2.28. The molecule has 0 bridgehead atoms. The number of para-hydroxylation sites is 1. The normalized spacial score (nSPS) is 22.4. The second-order valence-electron chi connectivity index (χ2n) is 8.01. The van der Waals surface area contributed by atoms with E-state index in [1.54, 1.807) is 17.2 Å². The van der Waals surface area contributed by atoms with E-state index in [-0.39, 0.29) is 11.8 Å². The van der Waals surface area contributed by atoms with Crippen LogP contribution >= 0.6 is 0 Å². The van der Waals surface area contributed by atoms with Gasteiger partial charge in [0.2, 0.25) is 5.91 Å². The van der Waals surface area contributed by atoms with Crippen LogP contribution in [0.5, 0.6) is 5.75 Å². The van der Waals surface area contributed by atoms with Crippen molar-refractivity contribution >= 4 is 23.2 Å². The Morgan fingerprint density at radius 3 is 2.19 bits per heavy atom. The molecule has 3 atom stereocenters. The van der Waals surface area contributed by atoms with E-state index in [9.17, 15) is 9.59 Å². The highest BCUT2D eigenvalue weighted by molar-refractivity contribution is 6.23. The minimum Gasteiger partial charge on any atom is -0.494 e. The fourth-order valence-electron chi connectivity index (χ4n) is 4.43. The summed E-state index contributed by atoms with van der Waals surface area (Å²) in [4.78, 5) is 34.3. The Bertz CT molecular complexity index is 1130. The Hall–Kier alpha value is -3.64. The number of carbonyl (C=O) groups excluding carboxylic acids is 2. The molecule has 0 aliphatic carbocycles. The van der Waals surface area contributed by atoms with Crippen LogP contribution in [-0.2, 0) is 14.4 Å². The second kappa shape index (κ2) is 8.13. The fourth-order valence-corrected chi connectivity index (χ4v) is 4.43. The molecule has 0 radical (unpaired) electrons. The lowest BCUT2D eigenvalue weighted by Crippen LogP contribution is -2.37. The Morgan fingerprint density at radius 2 is 1.53 bits per heavy atom. The van der Waals surface area contributed by atoms with Crippen LogP contribution in [-0.4, -0.2) is 24.5 Å². The molecular weight excluding hydrogens is 404 g/mol. The number of hydrogen-bond donors (Lipinski definition) is 0. The average Bonchev–Trinajstić information content (AvgIpc) is 3.32. The standard InChI is InChI=1S/C26H24N2O4/c1-3-31-21-15-11-18(12-16-21)23-22-24(32-28(23)20-7-5-4-6-8-20)26(30)27(25(22)29)19-13-9-17(2)10-14-19/h4-16,22-24H,3H2,1-2H3/t22-,23+,24-/m1/s1. The molecule has 0 spiro atoms. The molecular formula is C26H24N2O4. The van der Waals surface area contributed by atoms with Gasteiger partial charge in [-0.15, -0.1) is 0 Å². The molecule has 0 unspecified atom stereocenters. The number of nitrogens with zero attached hydrogens (tertiary/aromatic N) is 2. The monoisotopic (exact) mass is 428 g/mol. The summed E-state index contributed by atoms with van der Waals surface area (Å²) in [6, 6.07) is 24.1. The van der Waals surface area contributed by atoms with Gasteiger partial charge in [0.15, 0.2) is 6.10 Å². The van der Waals surface area contributed by atoms with E-state index in [0.29, 0.717) is 12.3 Å². The predicted octanol–water partition coefficient (Wildman–Crippen LogP) is 4.44. The van der Waals surface area contributed by atoms with Crippen molar-refractivity contribution in [1.82, 2.24) is 0 Å². The summed E-state index contributed by atoms with van der Waals surface area (Å²) in [5.74, 6) is -0.477. The number of imide groups is 1. The van der Waals surface area contributed by atoms with Gasteiger partial charge in [0.1, 0.15) is 11.7 Å². The Balaban J connectivity index is 1.55. The third-order valence-electron chi connectivity index (χ3n) is 5.95. The topological polar surface area (TPSA) is 59.1 Å². The highest BCUT2D eigenvalue weighted by Gasteiger charge is 2.60. The van der Waals surface area contributed by atoms with Gasteiger partial charge in [-0.05, 0) is 55.8 Å².